The number of hydrogen-bond donors (Lipinski definition) is 1. The topological polar surface area (TPSA) is 149 Å². The van der Waals surface area contributed by atoms with Gasteiger partial charge in [-0.15, -0.1) is 0 Å². The fourth-order valence-corrected chi connectivity index (χ4v) is 4.02. The molecule has 0 saturated heterocycles. The first-order chi connectivity index (χ1) is 16.0. The molecule has 1 aliphatic rings. The average Bonchev–Trinajstić information content (AvgIpc) is 3.35. The summed E-state index contributed by atoms with van der Waals surface area (Å²) in [7, 11) is -3.86. The lowest BCUT2D eigenvalue weighted by atomic mass is 10.0. The Morgan fingerprint density at radius 2 is 1.71 bits per heavy atom. The van der Waals surface area contributed by atoms with E-state index in [0.717, 1.165) is 16.1 Å². The van der Waals surface area contributed by atoms with Gasteiger partial charge in [0.25, 0.3) is 11.6 Å². The maximum Gasteiger partial charge on any atom is 0.280 e. The van der Waals surface area contributed by atoms with Crippen molar-refractivity contribution in [3.8, 4) is 11.3 Å². The lowest BCUT2D eigenvalue weighted by Crippen LogP contribution is -2.21. The number of aryl methyl sites for hydroxylation is 2. The Hall–Kier alpha value is -4.09. The highest BCUT2D eigenvalue weighted by atomic mass is 32.2. The summed E-state index contributed by atoms with van der Waals surface area (Å²) in [6.45, 7) is 5.31. The number of anilines is 1. The fourth-order valence-electron chi connectivity index (χ4n) is 3.50. The monoisotopic (exact) mass is 480 g/mol. The number of furan rings is 1. The van der Waals surface area contributed by atoms with Crippen molar-refractivity contribution in [2.45, 2.75) is 25.7 Å². The van der Waals surface area contributed by atoms with Crippen molar-refractivity contribution in [2.24, 2.45) is 10.2 Å². The van der Waals surface area contributed by atoms with Crippen molar-refractivity contribution in [1.82, 2.24) is 0 Å². The van der Waals surface area contributed by atoms with Gasteiger partial charge in [-0.3, -0.25) is 14.9 Å². The van der Waals surface area contributed by atoms with Gasteiger partial charge in [-0.1, -0.05) is 0 Å². The van der Waals surface area contributed by atoms with Crippen LogP contribution < -0.4 is 10.1 Å². The number of carbonyl (C=O) groups is 1. The number of nitro groups is 1. The molecule has 1 aliphatic heterocycles. The molecule has 0 fully saturated rings. The van der Waals surface area contributed by atoms with Crippen LogP contribution in [0.25, 0.3) is 17.4 Å². The minimum absolute atomic E-state index is 0.0690. The van der Waals surface area contributed by atoms with Gasteiger partial charge in [-0.05, 0) is 80.4 Å². The van der Waals surface area contributed by atoms with Gasteiger partial charge in [0.2, 0.25) is 10.0 Å². The molecule has 1 aromatic heterocycles. The van der Waals surface area contributed by atoms with Crippen LogP contribution in [0.4, 0.5) is 11.4 Å². The van der Waals surface area contributed by atoms with Gasteiger partial charge >= 0.3 is 0 Å². The fraction of sp³-hybridized carbons (Fsp3) is 0.130. The number of hydrazone groups is 1. The van der Waals surface area contributed by atoms with Crippen LogP contribution in [0.1, 0.15) is 23.8 Å². The number of benzene rings is 2. The lowest BCUT2D eigenvalue weighted by molar-refractivity contribution is -0.384. The van der Waals surface area contributed by atoms with Crippen LogP contribution in [0.3, 0.4) is 0 Å². The molecule has 1 amide bonds. The molecule has 0 bridgehead atoms. The van der Waals surface area contributed by atoms with E-state index in [1.807, 2.05) is 6.92 Å². The maximum absolute atomic E-state index is 13.0. The number of nitrogens with two attached hydrogens (primary N) is 1. The number of primary sulfonamides is 1. The number of nitro benzene ring substituents is 1. The third kappa shape index (κ3) is 4.26. The van der Waals surface area contributed by atoms with Crippen LogP contribution >= 0.6 is 0 Å². The number of carbonyl (C=O) groups excluding carboxylic acids is 1. The number of sulfonamides is 1. The minimum Gasteiger partial charge on any atom is -0.456 e. The summed E-state index contributed by atoms with van der Waals surface area (Å²) in [5.74, 6) is 0.194. The van der Waals surface area contributed by atoms with Crippen LogP contribution in [0.5, 0.6) is 0 Å². The molecule has 2 N–H and O–H groups in total. The van der Waals surface area contributed by atoms with E-state index >= 15 is 0 Å². The van der Waals surface area contributed by atoms with E-state index in [-0.39, 0.29) is 16.2 Å². The van der Waals surface area contributed by atoms with E-state index < -0.39 is 20.9 Å². The van der Waals surface area contributed by atoms with Crippen molar-refractivity contribution in [3.05, 3.63) is 81.1 Å². The standard InChI is InChI=1S/C23H20N4O6S/c1-13-10-20(21(27(29)30)11-14(13)2)22-9-6-17(33-22)12-19-15(3)25-26(23(19)28)16-4-7-18(8-5-16)34(24,31)32/h4-12H,1-3H3,(H2,24,31,32). The highest BCUT2D eigenvalue weighted by Crippen LogP contribution is 2.34. The number of rotatable bonds is 5. The predicted molar refractivity (Wildman–Crippen MR) is 127 cm³/mol. The largest absolute Gasteiger partial charge is 0.456 e. The summed E-state index contributed by atoms with van der Waals surface area (Å²) < 4.78 is 28.7. The van der Waals surface area contributed by atoms with Gasteiger partial charge in [0.1, 0.15) is 11.5 Å². The molecule has 3 aromatic rings. The molecule has 0 atom stereocenters. The molecule has 174 valence electrons. The molecule has 11 heteroatoms. The first-order valence-corrected chi connectivity index (χ1v) is 11.6. The summed E-state index contributed by atoms with van der Waals surface area (Å²) in [5.41, 5.74) is 3.02. The van der Waals surface area contributed by atoms with Gasteiger partial charge in [0, 0.05) is 6.07 Å². The van der Waals surface area contributed by atoms with E-state index in [4.69, 9.17) is 9.56 Å². The van der Waals surface area contributed by atoms with Gasteiger partial charge < -0.3 is 4.42 Å². The van der Waals surface area contributed by atoms with Crippen molar-refractivity contribution < 1.29 is 22.6 Å². The zero-order valence-corrected chi connectivity index (χ0v) is 19.3. The Kier molecular flexibility index (Phi) is 5.67. The Bertz CT molecular complexity index is 1500. The van der Waals surface area contributed by atoms with E-state index in [9.17, 15) is 23.3 Å². The molecule has 2 aromatic carbocycles. The number of amides is 1. The third-order valence-electron chi connectivity index (χ3n) is 5.46. The molecule has 10 nitrogen and oxygen atoms in total. The van der Waals surface area contributed by atoms with E-state index in [0.29, 0.717) is 28.5 Å². The Morgan fingerprint density at radius 1 is 1.06 bits per heavy atom. The summed E-state index contributed by atoms with van der Waals surface area (Å²) in [5, 5.41) is 22.0. The highest BCUT2D eigenvalue weighted by Gasteiger charge is 2.29. The molecule has 0 saturated carbocycles. The Labute approximate surface area is 195 Å². The van der Waals surface area contributed by atoms with E-state index in [1.54, 1.807) is 32.0 Å². The van der Waals surface area contributed by atoms with Crippen molar-refractivity contribution in [1.29, 1.82) is 0 Å². The quantitative estimate of drug-likeness (QED) is 0.332. The second-order valence-electron chi connectivity index (χ2n) is 7.81. The van der Waals surface area contributed by atoms with Crippen LogP contribution in [0, 0.1) is 24.0 Å². The maximum atomic E-state index is 13.0. The summed E-state index contributed by atoms with van der Waals surface area (Å²) in [6.07, 6.45) is 1.51. The van der Waals surface area contributed by atoms with E-state index in [2.05, 4.69) is 5.10 Å². The Morgan fingerprint density at radius 3 is 2.32 bits per heavy atom. The molecule has 2 heterocycles. The van der Waals surface area contributed by atoms with Crippen molar-refractivity contribution >= 4 is 39.1 Å². The molecule has 4 rings (SSSR count). The van der Waals surface area contributed by atoms with Crippen molar-refractivity contribution in [2.75, 3.05) is 5.01 Å². The van der Waals surface area contributed by atoms with Crippen LogP contribution in [0.15, 0.2) is 68.5 Å². The van der Waals surface area contributed by atoms with E-state index in [1.165, 1.54) is 36.4 Å². The SMILES string of the molecule is CC1=NN(c2ccc(S(N)(=O)=O)cc2)C(=O)C1=Cc1ccc(-c2cc(C)c(C)cc2[N+](=O)[O-])o1. The summed E-state index contributed by atoms with van der Waals surface area (Å²) in [6, 6.07) is 11.9. The summed E-state index contributed by atoms with van der Waals surface area (Å²) in [4.78, 5) is 24.0. The van der Waals surface area contributed by atoms with Gasteiger partial charge in [0.05, 0.1) is 32.4 Å². The van der Waals surface area contributed by atoms with Crippen LogP contribution in [-0.2, 0) is 14.8 Å². The van der Waals surface area contributed by atoms with Crippen LogP contribution in [0.2, 0.25) is 0 Å². The second-order valence-corrected chi connectivity index (χ2v) is 9.37. The molecular formula is C23H20N4O6S. The molecule has 0 unspecified atom stereocenters. The smallest absolute Gasteiger partial charge is 0.280 e. The normalized spacial score (nSPS) is 15.2. The molecular weight excluding hydrogens is 460 g/mol. The molecule has 0 radical (unpaired) electrons. The first kappa shape index (κ1) is 23.1. The minimum atomic E-state index is -3.86. The molecule has 0 aliphatic carbocycles. The molecule has 0 spiro atoms. The highest BCUT2D eigenvalue weighted by molar-refractivity contribution is 7.89. The molecule has 34 heavy (non-hydrogen) atoms. The van der Waals surface area contributed by atoms with Gasteiger partial charge in [-0.25, -0.2) is 13.6 Å². The zero-order valence-electron chi connectivity index (χ0n) is 18.5. The zero-order chi connectivity index (χ0) is 24.8. The third-order valence-corrected chi connectivity index (χ3v) is 6.39. The van der Waals surface area contributed by atoms with Gasteiger partial charge in [-0.2, -0.15) is 10.1 Å². The first-order valence-electron chi connectivity index (χ1n) is 10.1. The average molecular weight is 481 g/mol. The van der Waals surface area contributed by atoms with Crippen LogP contribution in [-0.4, -0.2) is 25.0 Å². The summed E-state index contributed by atoms with van der Waals surface area (Å²) >= 11 is 0. The second kappa shape index (κ2) is 8.36. The number of nitrogens with zero attached hydrogens (tertiary/aromatic N) is 3. The van der Waals surface area contributed by atoms with Gasteiger partial charge in [0.15, 0.2) is 0 Å². The predicted octanol–water partition coefficient (Wildman–Crippen LogP) is 3.93. The Balaban J connectivity index is 1.65. The van der Waals surface area contributed by atoms with Crippen molar-refractivity contribution in [3.63, 3.8) is 0 Å². The number of hydrogen-bond acceptors (Lipinski definition) is 7. The lowest BCUT2D eigenvalue weighted by Gasteiger charge is -2.12.